The van der Waals surface area contributed by atoms with Gasteiger partial charge in [-0.15, -0.1) is 0 Å². The van der Waals surface area contributed by atoms with Gasteiger partial charge in [-0.05, 0) is 12.5 Å². The molecule has 78 valence electrons. The van der Waals surface area contributed by atoms with Crippen LogP contribution in [0.15, 0.2) is 24.3 Å². The zero-order chi connectivity index (χ0) is 10.8. The lowest BCUT2D eigenvalue weighted by atomic mass is 10.1. The van der Waals surface area contributed by atoms with Gasteiger partial charge in [-0.1, -0.05) is 38.1 Å². The Morgan fingerprint density at radius 3 is 2.73 bits per heavy atom. The third-order valence-corrected chi connectivity index (χ3v) is 2.54. The summed E-state index contributed by atoms with van der Waals surface area (Å²) < 4.78 is 0. The molecule has 0 fully saturated rings. The number of rotatable bonds is 0. The molecule has 0 bridgehead atoms. The monoisotopic (exact) mass is 200 g/mol. The number of aromatic nitrogens is 2. The first-order valence-electron chi connectivity index (χ1n) is 5.48. The minimum Gasteiger partial charge on any atom is -0.345 e. The predicted octanol–water partition coefficient (Wildman–Crippen LogP) is 3.32. The molecule has 0 saturated carbocycles. The van der Waals surface area contributed by atoms with Crippen molar-refractivity contribution in [2.24, 2.45) is 0 Å². The van der Waals surface area contributed by atoms with Crippen LogP contribution in [0.3, 0.4) is 0 Å². The highest BCUT2D eigenvalue weighted by atomic mass is 14.9. The summed E-state index contributed by atoms with van der Waals surface area (Å²) in [6.45, 7) is 6.00. The summed E-state index contributed by atoms with van der Waals surface area (Å²) in [5, 5.41) is 0. The number of H-pyrrole nitrogens is 1. The third kappa shape index (κ3) is 1.56. The standard InChI is InChI=1S/C11H10N2.C2H6/c1-7-12-10-6-8-4-2-3-5-9(8)11(10)13-7;1-2/h2-5H,6H2,1H3,(H,12,13);1-2H3. The zero-order valence-electron chi connectivity index (χ0n) is 9.46. The molecular formula is C13H16N2. The molecule has 0 saturated heterocycles. The summed E-state index contributed by atoms with van der Waals surface area (Å²) in [4.78, 5) is 7.77. The van der Waals surface area contributed by atoms with Crippen molar-refractivity contribution < 1.29 is 0 Å². The molecule has 0 unspecified atom stereocenters. The number of fused-ring (bicyclic) bond motifs is 3. The van der Waals surface area contributed by atoms with Gasteiger partial charge in [0.05, 0.1) is 5.69 Å². The van der Waals surface area contributed by atoms with Crippen molar-refractivity contribution in [3.05, 3.63) is 41.3 Å². The van der Waals surface area contributed by atoms with E-state index in [0.717, 1.165) is 17.9 Å². The number of imidazole rings is 1. The molecule has 0 radical (unpaired) electrons. The number of hydrogen-bond donors (Lipinski definition) is 1. The summed E-state index contributed by atoms with van der Waals surface area (Å²) in [6, 6.07) is 8.46. The van der Waals surface area contributed by atoms with Gasteiger partial charge in [0.1, 0.15) is 5.82 Å². The third-order valence-electron chi connectivity index (χ3n) is 2.54. The van der Waals surface area contributed by atoms with E-state index in [9.17, 15) is 0 Å². The Labute approximate surface area is 90.4 Å². The normalized spacial score (nSPS) is 11.4. The van der Waals surface area contributed by atoms with Gasteiger partial charge in [0.2, 0.25) is 0 Å². The minimum absolute atomic E-state index is 1.01. The summed E-state index contributed by atoms with van der Waals surface area (Å²) in [5.74, 6) is 1.01. The summed E-state index contributed by atoms with van der Waals surface area (Å²) in [7, 11) is 0. The number of aryl methyl sites for hydroxylation is 1. The van der Waals surface area contributed by atoms with Gasteiger partial charge in [-0.3, -0.25) is 0 Å². The second-order valence-electron chi connectivity index (χ2n) is 3.48. The molecule has 1 aromatic carbocycles. The van der Waals surface area contributed by atoms with Crippen LogP contribution < -0.4 is 0 Å². The highest BCUT2D eigenvalue weighted by Crippen LogP contribution is 2.34. The van der Waals surface area contributed by atoms with Crippen molar-refractivity contribution in [3.8, 4) is 11.3 Å². The number of hydrogen-bond acceptors (Lipinski definition) is 1. The van der Waals surface area contributed by atoms with Crippen molar-refractivity contribution in [1.82, 2.24) is 9.97 Å². The van der Waals surface area contributed by atoms with Crippen LogP contribution in [0.2, 0.25) is 0 Å². The molecular weight excluding hydrogens is 184 g/mol. The van der Waals surface area contributed by atoms with Crippen molar-refractivity contribution in [2.45, 2.75) is 27.2 Å². The topological polar surface area (TPSA) is 28.7 Å². The molecule has 1 N–H and O–H groups in total. The van der Waals surface area contributed by atoms with Gasteiger partial charge in [-0.2, -0.15) is 0 Å². The first kappa shape index (κ1) is 9.97. The lowest BCUT2D eigenvalue weighted by Gasteiger charge is -1.95. The molecule has 0 amide bonds. The molecule has 1 heterocycles. The summed E-state index contributed by atoms with van der Waals surface area (Å²) in [5.41, 5.74) is 5.09. The van der Waals surface area contributed by atoms with Gasteiger partial charge in [0, 0.05) is 17.7 Å². The number of nitrogens with one attached hydrogen (secondary N) is 1. The molecule has 0 aliphatic heterocycles. The van der Waals surface area contributed by atoms with Crippen LogP contribution in [0.5, 0.6) is 0 Å². The Morgan fingerprint density at radius 1 is 1.20 bits per heavy atom. The molecule has 1 aromatic heterocycles. The lowest BCUT2D eigenvalue weighted by molar-refractivity contribution is 1.08. The van der Waals surface area contributed by atoms with Crippen LogP contribution in [0.4, 0.5) is 0 Å². The fraction of sp³-hybridized carbons (Fsp3) is 0.308. The minimum atomic E-state index is 1.01. The molecule has 1 aliphatic rings. The Kier molecular flexibility index (Phi) is 2.58. The molecule has 0 spiro atoms. The highest BCUT2D eigenvalue weighted by Gasteiger charge is 2.20. The van der Waals surface area contributed by atoms with Crippen molar-refractivity contribution in [3.63, 3.8) is 0 Å². The fourth-order valence-electron chi connectivity index (χ4n) is 1.99. The zero-order valence-corrected chi connectivity index (χ0v) is 9.46. The molecule has 1 aliphatic carbocycles. The van der Waals surface area contributed by atoms with E-state index in [0.29, 0.717) is 0 Å². The van der Waals surface area contributed by atoms with Gasteiger partial charge in [0.15, 0.2) is 0 Å². The average molecular weight is 200 g/mol. The maximum Gasteiger partial charge on any atom is 0.103 e. The van der Waals surface area contributed by atoms with E-state index >= 15 is 0 Å². The van der Waals surface area contributed by atoms with Crippen LogP contribution in [0.25, 0.3) is 11.3 Å². The Bertz CT molecular complexity index is 469. The Morgan fingerprint density at radius 2 is 1.93 bits per heavy atom. The van der Waals surface area contributed by atoms with Gasteiger partial charge < -0.3 is 4.98 Å². The van der Waals surface area contributed by atoms with Crippen molar-refractivity contribution in [1.29, 1.82) is 0 Å². The Hall–Kier alpha value is -1.57. The second kappa shape index (κ2) is 3.89. The SMILES string of the molecule is CC.Cc1nc2c([nH]1)Cc1ccccc1-2. The van der Waals surface area contributed by atoms with Gasteiger partial charge in [0.25, 0.3) is 0 Å². The summed E-state index contributed by atoms with van der Waals surface area (Å²) >= 11 is 0. The van der Waals surface area contributed by atoms with Crippen LogP contribution in [0.1, 0.15) is 30.9 Å². The molecule has 15 heavy (non-hydrogen) atoms. The quantitative estimate of drug-likeness (QED) is 0.592. The van der Waals surface area contributed by atoms with E-state index in [1.54, 1.807) is 0 Å². The van der Waals surface area contributed by atoms with Gasteiger partial charge in [-0.25, -0.2) is 4.98 Å². The Balaban J connectivity index is 0.000000404. The first-order chi connectivity index (χ1) is 7.34. The van der Waals surface area contributed by atoms with Crippen LogP contribution >= 0.6 is 0 Å². The van der Waals surface area contributed by atoms with E-state index < -0.39 is 0 Å². The van der Waals surface area contributed by atoms with Crippen LogP contribution in [-0.4, -0.2) is 9.97 Å². The van der Waals surface area contributed by atoms with E-state index in [1.807, 2.05) is 20.8 Å². The number of aromatic amines is 1. The van der Waals surface area contributed by atoms with E-state index in [-0.39, 0.29) is 0 Å². The first-order valence-corrected chi connectivity index (χ1v) is 5.48. The molecule has 2 nitrogen and oxygen atoms in total. The van der Waals surface area contributed by atoms with E-state index in [4.69, 9.17) is 0 Å². The molecule has 3 rings (SSSR count). The highest BCUT2D eigenvalue weighted by molar-refractivity contribution is 5.72. The maximum atomic E-state index is 4.48. The second-order valence-corrected chi connectivity index (χ2v) is 3.48. The fourth-order valence-corrected chi connectivity index (χ4v) is 1.99. The summed E-state index contributed by atoms with van der Waals surface area (Å²) in [6.07, 6.45) is 1.01. The van der Waals surface area contributed by atoms with Crippen molar-refractivity contribution in [2.75, 3.05) is 0 Å². The number of nitrogens with zero attached hydrogens (tertiary/aromatic N) is 1. The van der Waals surface area contributed by atoms with Crippen LogP contribution in [0, 0.1) is 6.92 Å². The van der Waals surface area contributed by atoms with Crippen LogP contribution in [-0.2, 0) is 6.42 Å². The molecule has 2 aromatic rings. The molecule has 2 heteroatoms. The van der Waals surface area contributed by atoms with E-state index in [2.05, 4.69) is 34.2 Å². The maximum absolute atomic E-state index is 4.48. The van der Waals surface area contributed by atoms with Crippen molar-refractivity contribution >= 4 is 0 Å². The van der Waals surface area contributed by atoms with E-state index in [1.165, 1.54) is 16.8 Å². The lowest BCUT2D eigenvalue weighted by Crippen LogP contribution is -1.83. The number of benzene rings is 1. The largest absolute Gasteiger partial charge is 0.345 e. The smallest absolute Gasteiger partial charge is 0.103 e. The van der Waals surface area contributed by atoms with Gasteiger partial charge >= 0.3 is 0 Å². The predicted molar refractivity (Wildman–Crippen MR) is 62.9 cm³/mol. The average Bonchev–Trinajstić information content (AvgIpc) is 2.77. The molecule has 0 atom stereocenters.